The van der Waals surface area contributed by atoms with E-state index in [1.165, 1.54) is 69.8 Å². The maximum atomic E-state index is 6.33. The maximum absolute atomic E-state index is 6.33. The number of rotatable bonds is 22. The second kappa shape index (κ2) is 20.9. The van der Waals surface area contributed by atoms with Gasteiger partial charge in [0, 0.05) is 10.4 Å². The van der Waals surface area contributed by atoms with Crippen LogP contribution < -0.4 is 9.47 Å². The van der Waals surface area contributed by atoms with Crippen molar-refractivity contribution >= 4 is 22.0 Å². The summed E-state index contributed by atoms with van der Waals surface area (Å²) in [6.07, 6.45) is 31.0. The summed E-state index contributed by atoms with van der Waals surface area (Å²) in [5, 5.41) is 0.963. The summed E-state index contributed by atoms with van der Waals surface area (Å²) in [6, 6.07) is 10.5. The predicted octanol–water partition coefficient (Wildman–Crippen LogP) is 12.4. The molecule has 0 radical (unpaired) electrons. The Hall–Kier alpha value is -2.85. The van der Waals surface area contributed by atoms with Crippen LogP contribution in [0.3, 0.4) is 0 Å². The van der Waals surface area contributed by atoms with Gasteiger partial charge in [-0.25, -0.2) is 4.99 Å². The van der Waals surface area contributed by atoms with E-state index >= 15 is 0 Å². The first-order valence-electron chi connectivity index (χ1n) is 16.5. The number of ether oxygens (including phenoxy) is 2. The lowest BCUT2D eigenvalue weighted by molar-refractivity contribution is 0.297. The fourth-order valence-corrected chi connectivity index (χ4v) is 5.94. The number of hydrogen-bond acceptors (Lipinski definition) is 4. The predicted molar refractivity (Wildman–Crippen MR) is 185 cm³/mol. The molecule has 0 saturated heterocycles. The van der Waals surface area contributed by atoms with Crippen molar-refractivity contribution in [3.63, 3.8) is 0 Å². The number of allylic oxidation sites excluding steroid dienone is 7. The van der Waals surface area contributed by atoms with Crippen LogP contribution in [0.1, 0.15) is 110 Å². The smallest absolute Gasteiger partial charge is 0.128 e. The minimum atomic E-state index is 0.741. The van der Waals surface area contributed by atoms with Gasteiger partial charge in [-0.05, 0) is 74.6 Å². The number of nitrogens with zero attached hydrogens (tertiary/aromatic N) is 1. The molecule has 0 atom stereocenters. The summed E-state index contributed by atoms with van der Waals surface area (Å²) in [4.78, 5) is 6.03. The molecule has 228 valence electrons. The molecule has 1 heterocycles. The monoisotopic (exact) mass is 587 g/mol. The van der Waals surface area contributed by atoms with Crippen LogP contribution in [0.2, 0.25) is 0 Å². The number of thiophene rings is 1. The van der Waals surface area contributed by atoms with E-state index in [9.17, 15) is 0 Å². The average molecular weight is 588 g/mol. The summed E-state index contributed by atoms with van der Waals surface area (Å²) in [6.45, 7) is 10.0. The number of unbranched alkanes of at least 4 members (excludes halogenated alkanes) is 10. The van der Waals surface area contributed by atoms with E-state index in [0.717, 1.165) is 78.0 Å². The quantitative estimate of drug-likeness (QED) is 0.101. The zero-order chi connectivity index (χ0) is 29.7. The summed E-state index contributed by atoms with van der Waals surface area (Å²) in [5.41, 5.74) is 3.43. The van der Waals surface area contributed by atoms with E-state index < -0.39 is 0 Å². The van der Waals surface area contributed by atoms with Crippen LogP contribution in [0.5, 0.6) is 11.5 Å². The molecule has 0 spiro atoms. The van der Waals surface area contributed by atoms with E-state index in [1.54, 1.807) is 11.3 Å². The van der Waals surface area contributed by atoms with Crippen molar-refractivity contribution in [1.82, 2.24) is 0 Å². The van der Waals surface area contributed by atoms with Crippen LogP contribution in [0, 0.1) is 0 Å². The van der Waals surface area contributed by atoms with Crippen molar-refractivity contribution in [1.29, 1.82) is 0 Å². The fourth-order valence-electron chi connectivity index (χ4n) is 5.02. The van der Waals surface area contributed by atoms with Gasteiger partial charge < -0.3 is 9.47 Å². The Morgan fingerprint density at radius 2 is 1.60 bits per heavy atom. The first-order valence-corrected chi connectivity index (χ1v) is 17.3. The Morgan fingerprint density at radius 3 is 2.29 bits per heavy atom. The van der Waals surface area contributed by atoms with Crippen molar-refractivity contribution in [2.45, 2.75) is 110 Å². The lowest BCUT2D eigenvalue weighted by Crippen LogP contribution is -2.01. The van der Waals surface area contributed by atoms with Gasteiger partial charge in [-0.1, -0.05) is 115 Å². The van der Waals surface area contributed by atoms with Gasteiger partial charge >= 0.3 is 0 Å². The molecule has 0 amide bonds. The van der Waals surface area contributed by atoms with Gasteiger partial charge in [-0.15, -0.1) is 11.3 Å². The molecular formula is C38H53NO2S. The summed E-state index contributed by atoms with van der Waals surface area (Å²) >= 11 is 1.68. The second-order valence-corrected chi connectivity index (χ2v) is 12.2. The first-order chi connectivity index (χ1) is 20.7. The molecule has 1 aliphatic rings. The highest BCUT2D eigenvalue weighted by atomic mass is 32.1. The van der Waals surface area contributed by atoms with Crippen LogP contribution in [0.4, 0.5) is 5.00 Å². The highest BCUT2D eigenvalue weighted by Gasteiger charge is 2.12. The van der Waals surface area contributed by atoms with Crippen molar-refractivity contribution in [2.75, 3.05) is 13.2 Å². The van der Waals surface area contributed by atoms with E-state index in [1.807, 2.05) is 6.08 Å². The van der Waals surface area contributed by atoms with Crippen molar-refractivity contribution < 1.29 is 9.47 Å². The Balaban J connectivity index is 1.66. The van der Waals surface area contributed by atoms with Gasteiger partial charge in [0.15, 0.2) is 0 Å². The summed E-state index contributed by atoms with van der Waals surface area (Å²) < 4.78 is 12.5. The molecule has 1 aliphatic carbocycles. The van der Waals surface area contributed by atoms with Crippen LogP contribution >= 0.6 is 11.3 Å². The molecule has 0 saturated carbocycles. The largest absolute Gasteiger partial charge is 0.494 e. The minimum Gasteiger partial charge on any atom is -0.494 e. The third kappa shape index (κ3) is 13.0. The lowest BCUT2D eigenvalue weighted by atomic mass is 10.0. The molecule has 42 heavy (non-hydrogen) atoms. The molecule has 0 bridgehead atoms. The molecule has 3 nitrogen and oxygen atoms in total. The van der Waals surface area contributed by atoms with Crippen LogP contribution in [0.15, 0.2) is 83.9 Å². The third-order valence-corrected chi connectivity index (χ3v) is 8.56. The molecule has 0 aliphatic heterocycles. The molecule has 1 aromatic carbocycles. The highest BCUT2D eigenvalue weighted by molar-refractivity contribution is 7.19. The van der Waals surface area contributed by atoms with Crippen molar-refractivity contribution in [3.8, 4) is 21.9 Å². The van der Waals surface area contributed by atoms with E-state index in [0.29, 0.717) is 0 Å². The number of benzene rings is 1. The summed E-state index contributed by atoms with van der Waals surface area (Å²) in [5.74, 6) is 1.83. The number of hydrogen-bond donors (Lipinski definition) is 0. The Morgan fingerprint density at radius 1 is 0.881 bits per heavy atom. The van der Waals surface area contributed by atoms with Crippen molar-refractivity contribution in [3.05, 3.63) is 78.9 Å². The van der Waals surface area contributed by atoms with Crippen LogP contribution in [0.25, 0.3) is 10.4 Å². The number of aliphatic imine (C=N–C) groups is 1. The molecule has 4 heteroatoms. The van der Waals surface area contributed by atoms with E-state index in [2.05, 4.69) is 81.1 Å². The molecular weight excluding hydrogens is 534 g/mol. The highest BCUT2D eigenvalue weighted by Crippen LogP contribution is 2.40. The molecule has 1 aromatic heterocycles. The molecule has 0 N–H and O–H groups in total. The Bertz CT molecular complexity index is 1170. The Kier molecular flexibility index (Phi) is 16.8. The van der Waals surface area contributed by atoms with Crippen molar-refractivity contribution in [2.24, 2.45) is 4.99 Å². The van der Waals surface area contributed by atoms with E-state index in [-0.39, 0.29) is 0 Å². The molecule has 0 fully saturated rings. The molecule has 0 unspecified atom stereocenters. The SMILES string of the molecule is C=CC(/C=C\CC1=CC=CCC1)=Nc1ccc(-c2cc(OCCCCCCCC)ccc2OCCCCCCCC)s1. The lowest BCUT2D eigenvalue weighted by Gasteiger charge is -2.13. The third-order valence-electron chi connectivity index (χ3n) is 7.55. The zero-order valence-electron chi connectivity index (χ0n) is 26.3. The minimum absolute atomic E-state index is 0.741. The van der Waals surface area contributed by atoms with Gasteiger partial charge in [0.2, 0.25) is 0 Å². The van der Waals surface area contributed by atoms with Gasteiger partial charge in [0.05, 0.1) is 18.9 Å². The van der Waals surface area contributed by atoms with Crippen LogP contribution in [-0.2, 0) is 0 Å². The topological polar surface area (TPSA) is 30.8 Å². The first kappa shape index (κ1) is 33.6. The van der Waals surface area contributed by atoms with Gasteiger partial charge in [0.25, 0.3) is 0 Å². The standard InChI is InChI=1S/C38H53NO2S/c1-4-7-9-11-13-18-29-40-34-25-26-36(41-30-19-14-12-10-8-5-2)35(31-34)37-27-28-38(42-37)39-33(6-3)24-20-23-32-21-16-15-17-22-32/h6,15-16,20-21,24-28,31H,3-5,7-14,17-19,22-23,29-30H2,1-2H3/b24-20-,39-33?. The fraction of sp³-hybridized carbons (Fsp3) is 0.500. The van der Waals surface area contributed by atoms with Gasteiger partial charge in [0.1, 0.15) is 16.5 Å². The zero-order valence-corrected chi connectivity index (χ0v) is 27.1. The van der Waals surface area contributed by atoms with Gasteiger partial charge in [-0.2, -0.15) is 0 Å². The average Bonchev–Trinajstić information content (AvgIpc) is 3.49. The molecule has 3 rings (SSSR count). The second-order valence-electron chi connectivity index (χ2n) is 11.2. The van der Waals surface area contributed by atoms with Crippen LogP contribution in [-0.4, -0.2) is 18.9 Å². The normalized spacial score (nSPS) is 13.5. The summed E-state index contributed by atoms with van der Waals surface area (Å²) in [7, 11) is 0. The maximum Gasteiger partial charge on any atom is 0.128 e. The Labute approximate surface area is 260 Å². The van der Waals surface area contributed by atoms with Gasteiger partial charge in [-0.3, -0.25) is 0 Å². The molecule has 2 aromatic rings. The van der Waals surface area contributed by atoms with E-state index in [4.69, 9.17) is 14.5 Å².